The first-order valence-corrected chi connectivity index (χ1v) is 12.7. The molecule has 180 valence electrons. The summed E-state index contributed by atoms with van der Waals surface area (Å²) in [7, 11) is 0. The van der Waals surface area contributed by atoms with Crippen LogP contribution < -0.4 is 4.90 Å². The first kappa shape index (κ1) is 22.1. The van der Waals surface area contributed by atoms with Crippen molar-refractivity contribution in [3.8, 4) is 22.3 Å². The Hall–Kier alpha value is -5.15. The number of hydrogen-bond donors (Lipinski definition) is 0. The molecule has 0 aliphatic carbocycles. The molecule has 2 aromatic heterocycles. The van der Waals surface area contributed by atoms with Gasteiger partial charge in [0.1, 0.15) is 5.58 Å². The number of fused-ring (bicyclic) bond motifs is 3. The molecule has 0 atom stereocenters. The topological polar surface area (TPSA) is 29.3 Å². The molecule has 0 bridgehead atoms. The lowest BCUT2D eigenvalue weighted by Crippen LogP contribution is -2.09. The Balaban J connectivity index is 1.35. The molecule has 0 N–H and O–H groups in total. The summed E-state index contributed by atoms with van der Waals surface area (Å²) in [6.45, 7) is 0. The maximum absolute atomic E-state index is 6.00. The van der Waals surface area contributed by atoms with E-state index in [1.165, 1.54) is 22.3 Å². The van der Waals surface area contributed by atoms with Gasteiger partial charge in [0.2, 0.25) is 5.71 Å². The van der Waals surface area contributed by atoms with Crippen LogP contribution in [0.15, 0.2) is 150 Å². The summed E-state index contributed by atoms with van der Waals surface area (Å²) in [6.07, 6.45) is 1.76. The average Bonchev–Trinajstić information content (AvgIpc) is 3.37. The molecule has 3 heteroatoms. The largest absolute Gasteiger partial charge is 0.438 e. The quantitative estimate of drug-likeness (QED) is 0.241. The summed E-state index contributed by atoms with van der Waals surface area (Å²) in [5, 5.41) is 2.07. The lowest BCUT2D eigenvalue weighted by atomic mass is 10.0. The summed E-state index contributed by atoms with van der Waals surface area (Å²) in [4.78, 5) is 6.70. The van der Waals surface area contributed by atoms with E-state index in [0.717, 1.165) is 33.4 Å². The predicted molar refractivity (Wildman–Crippen MR) is 157 cm³/mol. The van der Waals surface area contributed by atoms with Gasteiger partial charge in [0.15, 0.2) is 0 Å². The molecule has 5 aromatic carbocycles. The van der Waals surface area contributed by atoms with Crippen molar-refractivity contribution in [3.05, 3.63) is 146 Å². The van der Waals surface area contributed by atoms with Gasteiger partial charge in [-0.3, -0.25) is 0 Å². The number of pyridine rings is 1. The number of anilines is 3. The fraction of sp³-hybridized carbons (Fsp3) is 0. The van der Waals surface area contributed by atoms with Crippen molar-refractivity contribution in [2.45, 2.75) is 0 Å². The SMILES string of the molecule is c1ccc(-c2ccc(N(c3ccc(-c4ccccc4)cc3)c3ccc4oc5ncccc5c4c3)cc2)cc1. The van der Waals surface area contributed by atoms with Crippen LogP contribution in [0.1, 0.15) is 0 Å². The second-order valence-corrected chi connectivity index (χ2v) is 9.30. The van der Waals surface area contributed by atoms with Crippen LogP contribution in [0.5, 0.6) is 0 Å². The molecular weight excluding hydrogens is 464 g/mol. The second-order valence-electron chi connectivity index (χ2n) is 9.30. The number of benzene rings is 5. The number of aromatic nitrogens is 1. The monoisotopic (exact) mass is 488 g/mol. The van der Waals surface area contributed by atoms with Crippen LogP contribution >= 0.6 is 0 Å². The van der Waals surface area contributed by atoms with Crippen LogP contribution in [0, 0.1) is 0 Å². The van der Waals surface area contributed by atoms with Crippen LogP contribution in [0.4, 0.5) is 17.1 Å². The molecule has 0 aliphatic rings. The molecule has 3 nitrogen and oxygen atoms in total. The number of furan rings is 1. The number of hydrogen-bond acceptors (Lipinski definition) is 3. The van der Waals surface area contributed by atoms with Crippen LogP contribution in [0.3, 0.4) is 0 Å². The van der Waals surface area contributed by atoms with Crippen LogP contribution in [-0.2, 0) is 0 Å². The zero-order valence-electron chi connectivity index (χ0n) is 20.7. The molecule has 0 saturated heterocycles. The lowest BCUT2D eigenvalue weighted by Gasteiger charge is -2.26. The molecule has 0 fully saturated rings. The third kappa shape index (κ3) is 4.00. The van der Waals surface area contributed by atoms with Gasteiger partial charge in [-0.25, -0.2) is 4.98 Å². The van der Waals surface area contributed by atoms with E-state index >= 15 is 0 Å². The fourth-order valence-electron chi connectivity index (χ4n) is 5.05. The number of rotatable bonds is 5. The molecule has 7 aromatic rings. The van der Waals surface area contributed by atoms with Gasteiger partial charge in [-0.05, 0) is 76.9 Å². The molecule has 38 heavy (non-hydrogen) atoms. The Morgan fingerprint density at radius 1 is 0.447 bits per heavy atom. The highest BCUT2D eigenvalue weighted by Gasteiger charge is 2.16. The van der Waals surface area contributed by atoms with Crippen molar-refractivity contribution < 1.29 is 4.42 Å². The van der Waals surface area contributed by atoms with Gasteiger partial charge in [0, 0.05) is 34.0 Å². The summed E-state index contributed by atoms with van der Waals surface area (Å²) in [5.41, 5.74) is 9.51. The maximum Gasteiger partial charge on any atom is 0.227 e. The molecule has 0 saturated carbocycles. The van der Waals surface area contributed by atoms with E-state index in [4.69, 9.17) is 4.42 Å². The van der Waals surface area contributed by atoms with Gasteiger partial charge in [0.25, 0.3) is 0 Å². The highest BCUT2D eigenvalue weighted by atomic mass is 16.3. The van der Waals surface area contributed by atoms with E-state index in [0.29, 0.717) is 5.71 Å². The van der Waals surface area contributed by atoms with Crippen molar-refractivity contribution >= 4 is 39.1 Å². The molecule has 0 radical (unpaired) electrons. The van der Waals surface area contributed by atoms with Gasteiger partial charge in [-0.1, -0.05) is 84.9 Å². The van der Waals surface area contributed by atoms with Crippen molar-refractivity contribution in [2.24, 2.45) is 0 Å². The standard InChI is InChI=1S/C35H24N2O/c1-3-8-25(9-4-1)27-13-17-29(18-14-27)37(30-19-15-28(16-20-30)26-10-5-2-6-11-26)31-21-22-34-33(24-31)32-12-7-23-36-35(32)38-34/h1-24H. The van der Waals surface area contributed by atoms with Gasteiger partial charge < -0.3 is 9.32 Å². The lowest BCUT2D eigenvalue weighted by molar-refractivity contribution is 0.654. The third-order valence-corrected chi connectivity index (χ3v) is 6.95. The van der Waals surface area contributed by atoms with Crippen molar-refractivity contribution in [3.63, 3.8) is 0 Å². The minimum absolute atomic E-state index is 0.658. The Kier molecular flexibility index (Phi) is 5.45. The summed E-state index contributed by atoms with van der Waals surface area (Å²) in [5.74, 6) is 0. The van der Waals surface area contributed by atoms with Crippen LogP contribution in [0.25, 0.3) is 44.3 Å². The van der Waals surface area contributed by atoms with Gasteiger partial charge in [-0.2, -0.15) is 0 Å². The molecular formula is C35H24N2O. The highest BCUT2D eigenvalue weighted by molar-refractivity contribution is 6.05. The Labute approximate surface area is 221 Å². The van der Waals surface area contributed by atoms with Crippen molar-refractivity contribution in [1.29, 1.82) is 0 Å². The zero-order chi connectivity index (χ0) is 25.3. The van der Waals surface area contributed by atoms with E-state index < -0.39 is 0 Å². The van der Waals surface area contributed by atoms with Gasteiger partial charge in [0.05, 0.1) is 0 Å². The Bertz CT molecular complexity index is 1760. The predicted octanol–water partition coefficient (Wildman–Crippen LogP) is 9.78. The van der Waals surface area contributed by atoms with E-state index in [-0.39, 0.29) is 0 Å². The first-order chi connectivity index (χ1) is 18.8. The smallest absolute Gasteiger partial charge is 0.227 e. The summed E-state index contributed by atoms with van der Waals surface area (Å²) in [6, 6.07) is 48.8. The highest BCUT2D eigenvalue weighted by Crippen LogP contribution is 2.39. The van der Waals surface area contributed by atoms with Crippen LogP contribution in [0.2, 0.25) is 0 Å². The molecule has 7 rings (SSSR count). The van der Waals surface area contributed by atoms with Crippen molar-refractivity contribution in [2.75, 3.05) is 4.90 Å². The average molecular weight is 489 g/mol. The third-order valence-electron chi connectivity index (χ3n) is 6.95. The van der Waals surface area contributed by atoms with Crippen molar-refractivity contribution in [1.82, 2.24) is 4.98 Å². The van der Waals surface area contributed by atoms with E-state index in [9.17, 15) is 0 Å². The maximum atomic E-state index is 6.00. The molecule has 0 unspecified atom stereocenters. The number of nitrogens with zero attached hydrogens (tertiary/aromatic N) is 2. The normalized spacial score (nSPS) is 11.2. The molecule has 0 aliphatic heterocycles. The summed E-state index contributed by atoms with van der Waals surface area (Å²) >= 11 is 0. The Morgan fingerprint density at radius 3 is 1.55 bits per heavy atom. The molecule has 0 amide bonds. The zero-order valence-corrected chi connectivity index (χ0v) is 20.7. The van der Waals surface area contributed by atoms with Gasteiger partial charge in [-0.15, -0.1) is 0 Å². The minimum atomic E-state index is 0.658. The van der Waals surface area contributed by atoms with Gasteiger partial charge >= 0.3 is 0 Å². The molecule has 0 spiro atoms. The van der Waals surface area contributed by atoms with E-state index in [1.54, 1.807) is 6.20 Å². The minimum Gasteiger partial charge on any atom is -0.438 e. The first-order valence-electron chi connectivity index (χ1n) is 12.7. The van der Waals surface area contributed by atoms with E-state index in [1.807, 2.05) is 24.3 Å². The Morgan fingerprint density at radius 2 is 0.974 bits per heavy atom. The summed E-state index contributed by atoms with van der Waals surface area (Å²) < 4.78 is 6.00. The second kappa shape index (κ2) is 9.38. The van der Waals surface area contributed by atoms with Crippen LogP contribution in [-0.4, -0.2) is 4.98 Å². The van der Waals surface area contributed by atoms with E-state index in [2.05, 4.69) is 125 Å². The molecule has 2 heterocycles. The fourth-order valence-corrected chi connectivity index (χ4v) is 5.05.